The number of hydrogen-bond donors (Lipinski definition) is 0. The molecule has 0 radical (unpaired) electrons. The van der Waals surface area contributed by atoms with Crippen molar-refractivity contribution in [2.24, 2.45) is 4.99 Å². The van der Waals surface area contributed by atoms with E-state index in [2.05, 4.69) is 38.6 Å². The van der Waals surface area contributed by atoms with Gasteiger partial charge in [0.2, 0.25) is 0 Å². The van der Waals surface area contributed by atoms with Crippen LogP contribution in [-0.4, -0.2) is 11.9 Å². The van der Waals surface area contributed by atoms with Gasteiger partial charge in [-0.1, -0.05) is 13.8 Å². The van der Waals surface area contributed by atoms with Gasteiger partial charge < -0.3 is 0 Å². The summed E-state index contributed by atoms with van der Waals surface area (Å²) in [5.74, 6) is 3.02. The summed E-state index contributed by atoms with van der Waals surface area (Å²) < 4.78 is 0. The Balaban J connectivity index is 3.94. The molecule has 0 aromatic carbocycles. The number of rotatable bonds is 3. The Morgan fingerprint density at radius 3 is 2.50 bits per heavy atom. The molecule has 0 rings (SSSR count). The zero-order valence-corrected chi connectivity index (χ0v) is 7.44. The minimum absolute atomic E-state index is 0.432. The molecule has 0 heterocycles. The van der Waals surface area contributed by atoms with Crippen LogP contribution in [0.4, 0.5) is 0 Å². The molecule has 0 amide bonds. The van der Waals surface area contributed by atoms with Crippen molar-refractivity contribution in [1.82, 2.24) is 0 Å². The first-order valence-electron chi connectivity index (χ1n) is 3.99. The lowest BCUT2D eigenvalue weighted by molar-refractivity contribution is 0.721. The predicted molar refractivity (Wildman–Crippen MR) is 46.7 cm³/mol. The van der Waals surface area contributed by atoms with E-state index in [1.54, 1.807) is 0 Å². The molecule has 0 aromatic rings. The van der Waals surface area contributed by atoms with Gasteiger partial charge in [0.1, 0.15) is 0 Å². The molecule has 1 atom stereocenters. The molecule has 0 saturated carbocycles. The van der Waals surface area contributed by atoms with Crippen molar-refractivity contribution in [3.8, 4) is 0 Å². The highest BCUT2D eigenvalue weighted by molar-refractivity contribution is 5.56. The average Bonchev–Trinajstić information content (AvgIpc) is 1.99. The van der Waals surface area contributed by atoms with E-state index in [0.29, 0.717) is 6.04 Å². The lowest BCUT2D eigenvalue weighted by atomic mass is 10.2. The number of nitrogens with zero attached hydrogens (tertiary/aromatic N) is 1. The van der Waals surface area contributed by atoms with Gasteiger partial charge in [0.15, 0.2) is 0 Å². The van der Waals surface area contributed by atoms with E-state index < -0.39 is 0 Å². The topological polar surface area (TPSA) is 12.4 Å². The van der Waals surface area contributed by atoms with Gasteiger partial charge in [0.05, 0.1) is 6.04 Å². The highest BCUT2D eigenvalue weighted by atomic mass is 14.7. The SMILES string of the molecule is CCC(C)=C=NC(C)CC. The van der Waals surface area contributed by atoms with Crippen LogP contribution in [0.2, 0.25) is 0 Å². The predicted octanol–water partition coefficient (Wildman–Crippen LogP) is 2.81. The van der Waals surface area contributed by atoms with Crippen molar-refractivity contribution < 1.29 is 0 Å². The van der Waals surface area contributed by atoms with Crippen molar-refractivity contribution in [2.75, 3.05) is 0 Å². The van der Waals surface area contributed by atoms with E-state index in [1.807, 2.05) is 0 Å². The minimum atomic E-state index is 0.432. The second kappa shape index (κ2) is 5.25. The van der Waals surface area contributed by atoms with Gasteiger partial charge in [-0.05, 0) is 38.1 Å². The Labute approximate surface area is 63.9 Å². The van der Waals surface area contributed by atoms with Crippen LogP contribution in [0.15, 0.2) is 10.6 Å². The molecule has 0 bridgehead atoms. The average molecular weight is 139 g/mol. The molecule has 1 heteroatoms. The second-order valence-corrected chi connectivity index (χ2v) is 2.63. The first-order valence-corrected chi connectivity index (χ1v) is 3.99. The zero-order valence-electron chi connectivity index (χ0n) is 7.44. The van der Waals surface area contributed by atoms with Crippen molar-refractivity contribution in [2.45, 2.75) is 46.6 Å². The molecule has 0 aliphatic rings. The molecule has 0 spiro atoms. The summed E-state index contributed by atoms with van der Waals surface area (Å²) in [5, 5.41) is 0. The Morgan fingerprint density at radius 1 is 1.50 bits per heavy atom. The van der Waals surface area contributed by atoms with E-state index in [4.69, 9.17) is 0 Å². The molecule has 1 nitrogen and oxygen atoms in total. The molecule has 0 aromatic heterocycles. The largest absolute Gasteiger partial charge is 0.240 e. The normalized spacial score (nSPS) is 12.0. The maximum absolute atomic E-state index is 4.23. The van der Waals surface area contributed by atoms with Gasteiger partial charge in [-0.3, -0.25) is 0 Å². The molecule has 1 unspecified atom stereocenters. The van der Waals surface area contributed by atoms with Crippen LogP contribution in [0.5, 0.6) is 0 Å². The third-order valence-electron chi connectivity index (χ3n) is 1.60. The summed E-state index contributed by atoms with van der Waals surface area (Å²) in [7, 11) is 0. The molecule has 0 saturated heterocycles. The summed E-state index contributed by atoms with van der Waals surface area (Å²) in [5.41, 5.74) is 1.24. The summed E-state index contributed by atoms with van der Waals surface area (Å²) in [4.78, 5) is 4.23. The van der Waals surface area contributed by atoms with Crippen LogP contribution in [0.25, 0.3) is 0 Å². The van der Waals surface area contributed by atoms with Gasteiger partial charge in [-0.25, -0.2) is 4.99 Å². The zero-order chi connectivity index (χ0) is 7.98. The Bertz CT molecular complexity index is 141. The van der Waals surface area contributed by atoms with Crippen molar-refractivity contribution in [3.05, 3.63) is 5.57 Å². The lowest BCUT2D eigenvalue weighted by Crippen LogP contribution is -1.92. The summed E-state index contributed by atoms with van der Waals surface area (Å²) >= 11 is 0. The van der Waals surface area contributed by atoms with Gasteiger partial charge in [0.25, 0.3) is 0 Å². The smallest absolute Gasteiger partial charge is 0.0563 e. The van der Waals surface area contributed by atoms with E-state index in [9.17, 15) is 0 Å². The molecule has 10 heavy (non-hydrogen) atoms. The van der Waals surface area contributed by atoms with Crippen LogP contribution in [0, 0.1) is 0 Å². The van der Waals surface area contributed by atoms with Crippen molar-refractivity contribution in [1.29, 1.82) is 0 Å². The molecule has 0 aliphatic carbocycles. The van der Waals surface area contributed by atoms with Crippen LogP contribution in [-0.2, 0) is 0 Å². The monoisotopic (exact) mass is 139 g/mol. The van der Waals surface area contributed by atoms with Gasteiger partial charge in [0, 0.05) is 0 Å². The van der Waals surface area contributed by atoms with E-state index in [-0.39, 0.29) is 0 Å². The fourth-order valence-corrected chi connectivity index (χ4v) is 0.391. The molecule has 0 fully saturated rings. The fourth-order valence-electron chi connectivity index (χ4n) is 0.391. The molecule has 0 aliphatic heterocycles. The van der Waals surface area contributed by atoms with Gasteiger partial charge in [-0.2, -0.15) is 0 Å². The quantitative estimate of drug-likeness (QED) is 0.533. The molecule has 58 valence electrons. The lowest BCUT2D eigenvalue weighted by Gasteiger charge is -1.95. The van der Waals surface area contributed by atoms with Crippen LogP contribution < -0.4 is 0 Å². The van der Waals surface area contributed by atoms with Crippen LogP contribution in [0.1, 0.15) is 40.5 Å². The van der Waals surface area contributed by atoms with Crippen LogP contribution >= 0.6 is 0 Å². The second-order valence-electron chi connectivity index (χ2n) is 2.63. The van der Waals surface area contributed by atoms with E-state index >= 15 is 0 Å². The maximum Gasteiger partial charge on any atom is 0.0563 e. The number of hydrogen-bond acceptors (Lipinski definition) is 1. The minimum Gasteiger partial charge on any atom is -0.240 e. The third kappa shape index (κ3) is 4.34. The number of aliphatic imine (C=N–C) groups is 1. The molecular weight excluding hydrogens is 122 g/mol. The van der Waals surface area contributed by atoms with E-state index in [1.165, 1.54) is 5.57 Å². The van der Waals surface area contributed by atoms with Crippen molar-refractivity contribution >= 4 is 5.87 Å². The standard InChI is InChI=1S/C9H17N/c1-5-8(3)7-10-9(4)6-2/h9H,5-6H2,1-4H3. The fraction of sp³-hybridized carbons (Fsp3) is 0.778. The van der Waals surface area contributed by atoms with E-state index in [0.717, 1.165) is 12.8 Å². The highest BCUT2D eigenvalue weighted by Crippen LogP contribution is 1.95. The Kier molecular flexibility index (Phi) is 4.96. The molecule has 0 N–H and O–H groups in total. The van der Waals surface area contributed by atoms with Crippen molar-refractivity contribution in [3.63, 3.8) is 0 Å². The number of allylic oxidation sites excluding steroid dienone is 1. The van der Waals surface area contributed by atoms with Gasteiger partial charge in [-0.15, -0.1) is 0 Å². The highest BCUT2D eigenvalue weighted by Gasteiger charge is 1.89. The summed E-state index contributed by atoms with van der Waals surface area (Å²) in [6.07, 6.45) is 2.16. The van der Waals surface area contributed by atoms with Crippen LogP contribution in [0.3, 0.4) is 0 Å². The maximum atomic E-state index is 4.23. The first-order chi connectivity index (χ1) is 4.70. The van der Waals surface area contributed by atoms with Gasteiger partial charge >= 0.3 is 0 Å². The first kappa shape index (κ1) is 9.45. The molecular formula is C9H17N. The third-order valence-corrected chi connectivity index (χ3v) is 1.60. The summed E-state index contributed by atoms with van der Waals surface area (Å²) in [6.45, 7) is 8.42. The Morgan fingerprint density at radius 2 is 2.10 bits per heavy atom. The Hall–Kier alpha value is -0.550. The summed E-state index contributed by atoms with van der Waals surface area (Å²) in [6, 6.07) is 0.432.